The maximum atomic E-state index is 11.7. The van der Waals surface area contributed by atoms with Gasteiger partial charge >= 0.3 is 5.69 Å². The second-order valence-electron chi connectivity index (χ2n) is 3.53. The van der Waals surface area contributed by atoms with Crippen LogP contribution in [0.4, 0.5) is 11.4 Å². The summed E-state index contributed by atoms with van der Waals surface area (Å²) in [7, 11) is 0. The van der Waals surface area contributed by atoms with Gasteiger partial charge in [-0.1, -0.05) is 27.5 Å². The minimum absolute atomic E-state index is 0.00143. The summed E-state index contributed by atoms with van der Waals surface area (Å²) in [6.45, 7) is 0.389. The van der Waals surface area contributed by atoms with Gasteiger partial charge in [0.2, 0.25) is 11.1 Å². The van der Waals surface area contributed by atoms with Gasteiger partial charge in [-0.2, -0.15) is 0 Å². The number of anilines is 1. The minimum atomic E-state index is -0.625. The molecule has 1 aliphatic rings. The molecule has 0 bridgehead atoms. The quantitative estimate of drug-likeness (QED) is 0.362. The minimum Gasteiger partial charge on any atom is -0.305 e. The van der Waals surface area contributed by atoms with Gasteiger partial charge in [0.15, 0.2) is 0 Å². The van der Waals surface area contributed by atoms with Crippen LogP contribution in [-0.4, -0.2) is 27.2 Å². The molecule has 0 aromatic carbocycles. The standard InChI is InChI=1S/C9H7BrClN3O3/c10-5-3-7(15)13(4-5)6-1-2-12-9(11)8(6)14(16)17/h1-2,5H,3-4H2. The Morgan fingerprint density at radius 2 is 2.35 bits per heavy atom. The van der Waals surface area contributed by atoms with Crippen molar-refractivity contribution in [3.63, 3.8) is 0 Å². The summed E-state index contributed by atoms with van der Waals surface area (Å²) in [5.41, 5.74) is -0.133. The van der Waals surface area contributed by atoms with E-state index in [0.717, 1.165) is 0 Å². The van der Waals surface area contributed by atoms with Crippen LogP contribution >= 0.6 is 27.5 Å². The van der Waals surface area contributed by atoms with Crippen LogP contribution in [0.5, 0.6) is 0 Å². The predicted octanol–water partition coefficient (Wildman–Crippen LogP) is 2.14. The van der Waals surface area contributed by atoms with Crippen LogP contribution in [0, 0.1) is 10.1 Å². The lowest BCUT2D eigenvalue weighted by atomic mass is 10.3. The van der Waals surface area contributed by atoms with E-state index in [1.807, 2.05) is 0 Å². The number of alkyl halides is 1. The van der Waals surface area contributed by atoms with Gasteiger partial charge in [-0.3, -0.25) is 14.9 Å². The van der Waals surface area contributed by atoms with E-state index in [1.165, 1.54) is 17.2 Å². The van der Waals surface area contributed by atoms with Crippen LogP contribution < -0.4 is 4.90 Å². The second-order valence-corrected chi connectivity index (χ2v) is 5.19. The molecule has 2 heterocycles. The summed E-state index contributed by atoms with van der Waals surface area (Å²) >= 11 is 9.00. The number of rotatable bonds is 2. The molecule has 90 valence electrons. The maximum Gasteiger partial charge on any atom is 0.329 e. The fourth-order valence-corrected chi connectivity index (χ4v) is 2.49. The van der Waals surface area contributed by atoms with E-state index in [9.17, 15) is 14.9 Å². The summed E-state index contributed by atoms with van der Waals surface area (Å²) < 4.78 is 0. The van der Waals surface area contributed by atoms with Crippen molar-refractivity contribution in [3.8, 4) is 0 Å². The summed E-state index contributed by atoms with van der Waals surface area (Å²) in [6.07, 6.45) is 1.66. The number of pyridine rings is 1. The van der Waals surface area contributed by atoms with Crippen molar-refractivity contribution in [1.82, 2.24) is 4.98 Å². The monoisotopic (exact) mass is 319 g/mol. The molecule has 0 aliphatic carbocycles. The van der Waals surface area contributed by atoms with Gasteiger partial charge < -0.3 is 4.90 Å². The third kappa shape index (κ3) is 2.25. The van der Waals surface area contributed by atoms with Crippen LogP contribution in [0.1, 0.15) is 6.42 Å². The van der Waals surface area contributed by atoms with Crippen LogP contribution in [0.15, 0.2) is 12.3 Å². The van der Waals surface area contributed by atoms with Crippen molar-refractivity contribution >= 4 is 44.8 Å². The first kappa shape index (κ1) is 12.3. The van der Waals surface area contributed by atoms with Gasteiger partial charge in [0.1, 0.15) is 5.69 Å². The summed E-state index contributed by atoms with van der Waals surface area (Å²) in [5.74, 6) is -0.169. The number of nitrogens with zero attached hydrogens (tertiary/aromatic N) is 3. The van der Waals surface area contributed by atoms with Gasteiger partial charge in [0, 0.05) is 24.0 Å². The molecule has 2 rings (SSSR count). The van der Waals surface area contributed by atoms with E-state index >= 15 is 0 Å². The Bertz CT molecular complexity index is 496. The van der Waals surface area contributed by atoms with E-state index < -0.39 is 4.92 Å². The normalized spacial score (nSPS) is 19.8. The number of aromatic nitrogens is 1. The third-order valence-electron chi connectivity index (χ3n) is 2.41. The number of carbonyl (C=O) groups is 1. The van der Waals surface area contributed by atoms with E-state index in [1.54, 1.807) is 0 Å². The molecule has 1 aromatic heterocycles. The fourth-order valence-electron chi connectivity index (χ4n) is 1.70. The molecule has 0 N–H and O–H groups in total. The zero-order chi connectivity index (χ0) is 12.6. The van der Waals surface area contributed by atoms with Gasteiger partial charge in [0.25, 0.3) is 0 Å². The number of hydrogen-bond donors (Lipinski definition) is 0. The van der Waals surface area contributed by atoms with Gasteiger partial charge in [-0.05, 0) is 6.07 Å². The van der Waals surface area contributed by atoms with Crippen LogP contribution in [-0.2, 0) is 4.79 Å². The molecule has 1 aliphatic heterocycles. The molecule has 0 radical (unpaired) electrons. The Labute approximate surface area is 110 Å². The Morgan fingerprint density at radius 3 is 2.88 bits per heavy atom. The van der Waals surface area contributed by atoms with Crippen molar-refractivity contribution in [2.45, 2.75) is 11.2 Å². The van der Waals surface area contributed by atoms with Crippen molar-refractivity contribution in [1.29, 1.82) is 0 Å². The van der Waals surface area contributed by atoms with Crippen molar-refractivity contribution < 1.29 is 9.72 Å². The van der Waals surface area contributed by atoms with E-state index in [4.69, 9.17) is 11.6 Å². The Kier molecular flexibility index (Phi) is 3.30. The third-order valence-corrected chi connectivity index (χ3v) is 3.30. The molecule has 0 saturated carbocycles. The van der Waals surface area contributed by atoms with Gasteiger partial charge in [-0.25, -0.2) is 4.98 Å². The highest BCUT2D eigenvalue weighted by atomic mass is 79.9. The molecule has 1 fully saturated rings. The van der Waals surface area contributed by atoms with Crippen LogP contribution in [0.25, 0.3) is 0 Å². The average Bonchev–Trinajstić information content (AvgIpc) is 2.56. The molecule has 6 nitrogen and oxygen atoms in total. The van der Waals surface area contributed by atoms with Crippen molar-refractivity contribution in [3.05, 3.63) is 27.5 Å². The molecule has 1 unspecified atom stereocenters. The molecule has 1 atom stereocenters. The maximum absolute atomic E-state index is 11.7. The average molecular weight is 321 g/mol. The first-order valence-electron chi connectivity index (χ1n) is 4.74. The molecule has 8 heteroatoms. The molecule has 1 saturated heterocycles. The number of halogens is 2. The highest BCUT2D eigenvalue weighted by Crippen LogP contribution is 2.36. The fraction of sp³-hybridized carbons (Fsp3) is 0.333. The molecular weight excluding hydrogens is 313 g/mol. The van der Waals surface area contributed by atoms with E-state index in [0.29, 0.717) is 13.0 Å². The molecule has 1 amide bonds. The van der Waals surface area contributed by atoms with E-state index in [-0.39, 0.29) is 27.3 Å². The smallest absolute Gasteiger partial charge is 0.305 e. The lowest BCUT2D eigenvalue weighted by molar-refractivity contribution is -0.384. The first-order chi connectivity index (χ1) is 8.00. The predicted molar refractivity (Wildman–Crippen MR) is 65.6 cm³/mol. The molecule has 1 aromatic rings. The second kappa shape index (κ2) is 4.58. The highest BCUT2D eigenvalue weighted by molar-refractivity contribution is 9.09. The van der Waals surface area contributed by atoms with Gasteiger partial charge in [-0.15, -0.1) is 0 Å². The Balaban J connectivity index is 2.49. The summed E-state index contributed by atoms with van der Waals surface area (Å²) in [6, 6.07) is 1.42. The lowest BCUT2D eigenvalue weighted by Crippen LogP contribution is -2.25. The number of hydrogen-bond acceptors (Lipinski definition) is 4. The van der Waals surface area contributed by atoms with Crippen molar-refractivity contribution in [2.24, 2.45) is 0 Å². The first-order valence-corrected chi connectivity index (χ1v) is 6.03. The lowest BCUT2D eigenvalue weighted by Gasteiger charge is -2.15. The Morgan fingerprint density at radius 1 is 1.65 bits per heavy atom. The number of nitro groups is 1. The largest absolute Gasteiger partial charge is 0.329 e. The summed E-state index contributed by atoms with van der Waals surface area (Å²) in [5, 5.41) is 10.7. The zero-order valence-electron chi connectivity index (χ0n) is 8.47. The molecular formula is C9H7BrClN3O3. The number of amides is 1. The Hall–Kier alpha value is -1.21. The SMILES string of the molecule is O=C1CC(Br)CN1c1ccnc(Cl)c1[N+](=O)[O-]. The topological polar surface area (TPSA) is 76.3 Å². The highest BCUT2D eigenvalue weighted by Gasteiger charge is 2.34. The van der Waals surface area contributed by atoms with Gasteiger partial charge in [0.05, 0.1) is 4.92 Å². The van der Waals surface area contributed by atoms with Crippen LogP contribution in [0.3, 0.4) is 0 Å². The zero-order valence-corrected chi connectivity index (χ0v) is 10.8. The molecule has 17 heavy (non-hydrogen) atoms. The molecule has 0 spiro atoms. The van der Waals surface area contributed by atoms with E-state index in [2.05, 4.69) is 20.9 Å². The summed E-state index contributed by atoms with van der Waals surface area (Å²) in [4.78, 5) is 27.0. The van der Waals surface area contributed by atoms with Crippen molar-refractivity contribution in [2.75, 3.05) is 11.4 Å². The number of carbonyl (C=O) groups excluding carboxylic acids is 1. The van der Waals surface area contributed by atoms with Crippen LogP contribution in [0.2, 0.25) is 5.15 Å².